The second-order valence-electron chi connectivity index (χ2n) is 7.89. The number of aromatic hydroxyl groups is 1. The molecule has 1 saturated heterocycles. The number of aromatic nitrogens is 3. The predicted molar refractivity (Wildman–Crippen MR) is 113 cm³/mol. The van der Waals surface area contributed by atoms with Crippen LogP contribution < -0.4 is 14.8 Å². The van der Waals surface area contributed by atoms with E-state index in [0.717, 1.165) is 36.1 Å². The molecule has 4 rings (SSSR count). The summed E-state index contributed by atoms with van der Waals surface area (Å²) in [7, 11) is 1.53. The van der Waals surface area contributed by atoms with E-state index < -0.39 is 0 Å². The van der Waals surface area contributed by atoms with Crippen molar-refractivity contribution in [1.82, 2.24) is 19.9 Å². The molecule has 2 aromatic heterocycles. The molecule has 7 heteroatoms. The van der Waals surface area contributed by atoms with E-state index in [1.54, 1.807) is 12.1 Å². The fourth-order valence-electron chi connectivity index (χ4n) is 3.85. The summed E-state index contributed by atoms with van der Waals surface area (Å²) in [4.78, 5) is 9.43. The maximum Gasteiger partial charge on any atom is 0.241 e. The molecule has 1 fully saturated rings. The number of pyridine rings is 1. The Hall–Kier alpha value is -2.80. The quantitative estimate of drug-likeness (QED) is 0.660. The van der Waals surface area contributed by atoms with Crippen molar-refractivity contribution in [2.24, 2.45) is 5.92 Å². The van der Waals surface area contributed by atoms with E-state index in [0.29, 0.717) is 23.2 Å². The van der Waals surface area contributed by atoms with E-state index in [1.165, 1.54) is 7.11 Å². The summed E-state index contributed by atoms with van der Waals surface area (Å²) >= 11 is 0. The van der Waals surface area contributed by atoms with Gasteiger partial charge in [0.1, 0.15) is 11.6 Å². The van der Waals surface area contributed by atoms with Crippen LogP contribution in [0.2, 0.25) is 0 Å². The van der Waals surface area contributed by atoms with E-state index in [9.17, 15) is 5.11 Å². The summed E-state index contributed by atoms with van der Waals surface area (Å²) in [5, 5.41) is 13.6. The molecule has 3 heterocycles. The van der Waals surface area contributed by atoms with Gasteiger partial charge in [0.15, 0.2) is 11.5 Å². The molecule has 7 nitrogen and oxygen atoms in total. The number of fused-ring (bicyclic) bond motifs is 1. The van der Waals surface area contributed by atoms with Crippen LogP contribution in [0.5, 0.6) is 17.4 Å². The van der Waals surface area contributed by atoms with Gasteiger partial charge < -0.3 is 24.5 Å². The Morgan fingerprint density at radius 3 is 2.72 bits per heavy atom. The van der Waals surface area contributed by atoms with Gasteiger partial charge in [0.2, 0.25) is 5.88 Å². The lowest BCUT2D eigenvalue weighted by atomic mass is 10.0. The highest BCUT2D eigenvalue weighted by atomic mass is 16.5. The lowest BCUT2D eigenvalue weighted by Crippen LogP contribution is -2.26. The van der Waals surface area contributed by atoms with E-state index in [4.69, 9.17) is 14.5 Å². The number of methoxy groups -OCH3 is 1. The molecule has 2 atom stereocenters. The molecule has 2 unspecified atom stereocenters. The first-order valence-corrected chi connectivity index (χ1v) is 10.1. The molecule has 0 amide bonds. The van der Waals surface area contributed by atoms with Gasteiger partial charge in [0.25, 0.3) is 0 Å². The molecule has 154 valence electrons. The Labute approximate surface area is 170 Å². The molecule has 29 heavy (non-hydrogen) atoms. The number of imidazole rings is 1. The zero-order chi connectivity index (χ0) is 20.5. The van der Waals surface area contributed by atoms with Crippen molar-refractivity contribution in [3.05, 3.63) is 30.6 Å². The maximum atomic E-state index is 10.2. The first-order chi connectivity index (χ1) is 14.0. The number of nitrogens with one attached hydrogen (secondary N) is 1. The molecule has 0 radical (unpaired) electrons. The number of rotatable bonds is 6. The predicted octanol–water partition coefficient (Wildman–Crippen LogP) is 3.77. The highest BCUT2D eigenvalue weighted by Crippen LogP contribution is 2.35. The van der Waals surface area contributed by atoms with Crippen LogP contribution >= 0.6 is 0 Å². The Kier molecular flexibility index (Phi) is 5.32. The average Bonchev–Trinajstić information content (AvgIpc) is 3.37. The Bertz CT molecular complexity index is 1010. The molecule has 0 spiro atoms. The summed E-state index contributed by atoms with van der Waals surface area (Å²) in [6, 6.07) is 7.44. The number of hydrogen-bond acceptors (Lipinski definition) is 6. The molecule has 0 saturated carbocycles. The molecule has 2 N–H and O–H groups in total. The van der Waals surface area contributed by atoms with Crippen molar-refractivity contribution < 1.29 is 14.6 Å². The van der Waals surface area contributed by atoms with Crippen molar-refractivity contribution in [2.75, 3.05) is 20.2 Å². The van der Waals surface area contributed by atoms with Gasteiger partial charge in [0.05, 0.1) is 24.6 Å². The van der Waals surface area contributed by atoms with Crippen LogP contribution in [0.15, 0.2) is 30.6 Å². The largest absolute Gasteiger partial charge is 0.504 e. The van der Waals surface area contributed by atoms with Crippen molar-refractivity contribution in [3.63, 3.8) is 0 Å². The van der Waals surface area contributed by atoms with Crippen LogP contribution in [0.3, 0.4) is 0 Å². The van der Waals surface area contributed by atoms with Crippen molar-refractivity contribution in [3.8, 4) is 28.6 Å². The summed E-state index contributed by atoms with van der Waals surface area (Å²) in [5.74, 6) is 1.54. The number of hydrogen-bond donors (Lipinski definition) is 2. The standard InChI is InChI=1S/C22H28N4O3/c1-13(2)26-12-24-18-10-17(15-5-6-20(28-4)19(27)9-15)25-22(21(18)26)29-14(3)16-7-8-23-11-16/h5-6,9-10,12-14,16,23,27H,7-8,11H2,1-4H3. The molecule has 3 aromatic rings. The molecule has 0 aliphatic carbocycles. The molecule has 0 bridgehead atoms. The third-order valence-electron chi connectivity index (χ3n) is 5.61. The van der Waals surface area contributed by atoms with Crippen LogP contribution in [0.1, 0.15) is 33.2 Å². The van der Waals surface area contributed by atoms with Gasteiger partial charge in [-0.25, -0.2) is 9.97 Å². The van der Waals surface area contributed by atoms with E-state index in [2.05, 4.69) is 35.6 Å². The van der Waals surface area contributed by atoms with Crippen LogP contribution in [0.25, 0.3) is 22.3 Å². The van der Waals surface area contributed by atoms with Crippen molar-refractivity contribution in [2.45, 2.75) is 39.3 Å². The minimum Gasteiger partial charge on any atom is -0.504 e. The van der Waals surface area contributed by atoms with Gasteiger partial charge >= 0.3 is 0 Å². The maximum absolute atomic E-state index is 10.2. The van der Waals surface area contributed by atoms with E-state index in [1.807, 2.05) is 18.5 Å². The van der Waals surface area contributed by atoms with Gasteiger partial charge in [-0.15, -0.1) is 0 Å². The Morgan fingerprint density at radius 1 is 1.24 bits per heavy atom. The lowest BCUT2D eigenvalue weighted by molar-refractivity contribution is 0.156. The topological polar surface area (TPSA) is 81.4 Å². The third-order valence-corrected chi connectivity index (χ3v) is 5.61. The number of phenols is 1. The SMILES string of the molecule is COc1ccc(-c2cc3ncn(C(C)C)c3c(OC(C)C3CCNC3)n2)cc1O. The summed E-state index contributed by atoms with van der Waals surface area (Å²) < 4.78 is 13.6. The highest BCUT2D eigenvalue weighted by molar-refractivity contribution is 5.85. The molecule has 1 aliphatic rings. The smallest absolute Gasteiger partial charge is 0.241 e. The minimum absolute atomic E-state index is 0.0377. The highest BCUT2D eigenvalue weighted by Gasteiger charge is 2.25. The van der Waals surface area contributed by atoms with Gasteiger partial charge in [0, 0.05) is 24.1 Å². The average molecular weight is 396 g/mol. The summed E-state index contributed by atoms with van der Waals surface area (Å²) in [5.41, 5.74) is 3.21. The Balaban J connectivity index is 1.79. The van der Waals surface area contributed by atoms with E-state index in [-0.39, 0.29) is 17.9 Å². The van der Waals surface area contributed by atoms with Crippen LogP contribution in [-0.4, -0.2) is 45.9 Å². The third kappa shape index (κ3) is 3.74. The first kappa shape index (κ1) is 19.5. The second kappa shape index (κ2) is 7.91. The fourth-order valence-corrected chi connectivity index (χ4v) is 3.85. The van der Waals surface area contributed by atoms with Gasteiger partial charge in [-0.2, -0.15) is 0 Å². The van der Waals surface area contributed by atoms with Gasteiger partial charge in [-0.3, -0.25) is 0 Å². The number of ether oxygens (including phenoxy) is 2. The fraction of sp³-hybridized carbons (Fsp3) is 0.455. The zero-order valence-electron chi connectivity index (χ0n) is 17.3. The van der Waals surface area contributed by atoms with Crippen LogP contribution in [0.4, 0.5) is 0 Å². The van der Waals surface area contributed by atoms with Gasteiger partial charge in [-0.1, -0.05) is 0 Å². The number of nitrogens with zero attached hydrogens (tertiary/aromatic N) is 3. The lowest BCUT2D eigenvalue weighted by Gasteiger charge is -2.21. The Morgan fingerprint density at radius 2 is 2.07 bits per heavy atom. The molecule has 1 aliphatic heterocycles. The number of benzene rings is 1. The van der Waals surface area contributed by atoms with Crippen molar-refractivity contribution in [1.29, 1.82) is 0 Å². The number of phenolic OH excluding ortho intramolecular Hbond substituents is 1. The monoisotopic (exact) mass is 396 g/mol. The summed E-state index contributed by atoms with van der Waals surface area (Å²) in [6.45, 7) is 8.32. The van der Waals surface area contributed by atoms with Crippen LogP contribution in [-0.2, 0) is 0 Å². The molecular formula is C22H28N4O3. The zero-order valence-corrected chi connectivity index (χ0v) is 17.3. The second-order valence-corrected chi connectivity index (χ2v) is 7.89. The van der Waals surface area contributed by atoms with Crippen molar-refractivity contribution >= 4 is 11.0 Å². The minimum atomic E-state index is 0.0377. The normalized spacial score (nSPS) is 17.8. The van der Waals surface area contributed by atoms with Gasteiger partial charge in [-0.05, 0) is 58.0 Å². The summed E-state index contributed by atoms with van der Waals surface area (Å²) in [6.07, 6.45) is 2.97. The van der Waals surface area contributed by atoms with E-state index >= 15 is 0 Å². The molecular weight excluding hydrogens is 368 g/mol. The first-order valence-electron chi connectivity index (χ1n) is 10.1. The van der Waals surface area contributed by atoms with Crippen LogP contribution in [0, 0.1) is 5.92 Å². The molecule has 1 aromatic carbocycles.